The Morgan fingerprint density at radius 3 is 2.11 bits per heavy atom. The van der Waals surface area contributed by atoms with Crippen molar-refractivity contribution in [3.63, 3.8) is 0 Å². The minimum Gasteiger partial charge on any atom is -0.368 e. The van der Waals surface area contributed by atoms with Crippen molar-refractivity contribution in [2.24, 2.45) is 5.73 Å². The SMILES string of the molecule is N#Cc1ccc(C(C(N)=O)N2CCN(S(=O)(=O)c3ccc(Cl)cc3)CC2)cc1. The van der Waals surface area contributed by atoms with Gasteiger partial charge in [0, 0.05) is 31.2 Å². The standard InChI is InChI=1S/C19H19ClN4O3S/c20-16-5-7-17(8-6-16)28(26,27)24-11-9-23(10-12-24)18(19(22)25)15-3-1-14(13-21)2-4-15/h1-8,18H,9-12H2,(H2,22,25). The Morgan fingerprint density at radius 1 is 1.04 bits per heavy atom. The monoisotopic (exact) mass is 418 g/mol. The van der Waals surface area contributed by atoms with Crippen molar-refractivity contribution in [3.8, 4) is 6.07 Å². The van der Waals surface area contributed by atoms with Crippen molar-refractivity contribution in [1.29, 1.82) is 5.26 Å². The molecule has 0 saturated carbocycles. The van der Waals surface area contributed by atoms with Crippen LogP contribution in [-0.4, -0.2) is 49.7 Å². The van der Waals surface area contributed by atoms with E-state index in [1.54, 1.807) is 36.4 Å². The summed E-state index contributed by atoms with van der Waals surface area (Å²) < 4.78 is 27.0. The Bertz CT molecular complexity index is 993. The summed E-state index contributed by atoms with van der Waals surface area (Å²) in [5.41, 5.74) is 6.78. The lowest BCUT2D eigenvalue weighted by Gasteiger charge is -2.37. The molecule has 1 aliphatic heterocycles. The molecule has 1 heterocycles. The van der Waals surface area contributed by atoms with Gasteiger partial charge < -0.3 is 5.73 Å². The van der Waals surface area contributed by atoms with Gasteiger partial charge in [-0.1, -0.05) is 23.7 Å². The predicted molar refractivity (Wildman–Crippen MR) is 105 cm³/mol. The Balaban J connectivity index is 1.74. The third-order valence-corrected chi connectivity index (χ3v) is 6.88. The van der Waals surface area contributed by atoms with E-state index in [9.17, 15) is 13.2 Å². The van der Waals surface area contributed by atoms with Gasteiger partial charge in [-0.3, -0.25) is 9.69 Å². The Hall–Kier alpha value is -2.44. The van der Waals surface area contributed by atoms with Crippen molar-refractivity contribution < 1.29 is 13.2 Å². The fourth-order valence-corrected chi connectivity index (χ4v) is 4.80. The van der Waals surface area contributed by atoms with Gasteiger partial charge in [0.15, 0.2) is 0 Å². The van der Waals surface area contributed by atoms with E-state index < -0.39 is 22.0 Å². The molecule has 3 rings (SSSR count). The minimum absolute atomic E-state index is 0.184. The molecule has 0 radical (unpaired) electrons. The number of carbonyl (C=O) groups excluding carboxylic acids is 1. The first-order valence-corrected chi connectivity index (χ1v) is 10.4. The molecule has 1 aliphatic rings. The first kappa shape index (κ1) is 20.3. The zero-order valence-corrected chi connectivity index (χ0v) is 16.5. The number of benzene rings is 2. The Kier molecular flexibility index (Phi) is 6.01. The van der Waals surface area contributed by atoms with Crippen LogP contribution in [0, 0.1) is 11.3 Å². The number of hydrogen-bond acceptors (Lipinski definition) is 5. The molecule has 1 saturated heterocycles. The van der Waals surface area contributed by atoms with E-state index in [-0.39, 0.29) is 18.0 Å². The van der Waals surface area contributed by atoms with Gasteiger partial charge in [0.25, 0.3) is 0 Å². The van der Waals surface area contributed by atoms with Crippen molar-refractivity contribution in [2.75, 3.05) is 26.2 Å². The van der Waals surface area contributed by atoms with Crippen LogP contribution >= 0.6 is 11.6 Å². The summed E-state index contributed by atoms with van der Waals surface area (Å²) in [4.78, 5) is 14.1. The van der Waals surface area contributed by atoms with E-state index in [1.165, 1.54) is 16.4 Å². The lowest BCUT2D eigenvalue weighted by Crippen LogP contribution is -2.51. The number of nitrogens with two attached hydrogens (primary N) is 1. The van der Waals surface area contributed by atoms with Gasteiger partial charge in [-0.2, -0.15) is 9.57 Å². The van der Waals surface area contributed by atoms with Crippen molar-refractivity contribution in [3.05, 3.63) is 64.7 Å². The molecule has 0 aromatic heterocycles. The van der Waals surface area contributed by atoms with Gasteiger partial charge in [-0.05, 0) is 42.0 Å². The molecular weight excluding hydrogens is 400 g/mol. The van der Waals surface area contributed by atoms with E-state index in [0.717, 1.165) is 0 Å². The highest BCUT2D eigenvalue weighted by Gasteiger charge is 2.33. The molecule has 2 N–H and O–H groups in total. The van der Waals surface area contributed by atoms with Crippen molar-refractivity contribution in [1.82, 2.24) is 9.21 Å². The topological polar surface area (TPSA) is 107 Å². The second-order valence-corrected chi connectivity index (χ2v) is 8.81. The summed E-state index contributed by atoms with van der Waals surface area (Å²) in [7, 11) is -3.63. The van der Waals surface area contributed by atoms with E-state index in [0.29, 0.717) is 29.2 Å². The number of piperazine rings is 1. The van der Waals surface area contributed by atoms with E-state index >= 15 is 0 Å². The van der Waals surface area contributed by atoms with E-state index in [4.69, 9.17) is 22.6 Å². The molecule has 0 aliphatic carbocycles. The molecule has 2 aromatic rings. The fraction of sp³-hybridized carbons (Fsp3) is 0.263. The molecule has 1 fully saturated rings. The normalized spacial score (nSPS) is 17.0. The number of amides is 1. The zero-order chi connectivity index (χ0) is 20.3. The summed E-state index contributed by atoms with van der Waals surface area (Å²) >= 11 is 5.83. The summed E-state index contributed by atoms with van der Waals surface area (Å²) in [6.07, 6.45) is 0. The quantitative estimate of drug-likeness (QED) is 0.795. The maximum Gasteiger partial charge on any atom is 0.243 e. The first-order valence-electron chi connectivity index (χ1n) is 8.62. The van der Waals surface area contributed by atoms with Gasteiger partial charge in [0.05, 0.1) is 16.5 Å². The van der Waals surface area contributed by atoms with E-state index in [2.05, 4.69) is 0 Å². The maximum absolute atomic E-state index is 12.8. The number of primary amides is 1. The Labute approximate surface area is 169 Å². The molecule has 1 amide bonds. The van der Waals surface area contributed by atoms with Gasteiger partial charge in [-0.15, -0.1) is 0 Å². The smallest absolute Gasteiger partial charge is 0.243 e. The molecular formula is C19H19ClN4O3S. The highest BCUT2D eigenvalue weighted by molar-refractivity contribution is 7.89. The Morgan fingerprint density at radius 2 is 1.61 bits per heavy atom. The zero-order valence-electron chi connectivity index (χ0n) is 15.0. The van der Waals surface area contributed by atoms with Crippen LogP contribution in [-0.2, 0) is 14.8 Å². The summed E-state index contributed by atoms with van der Waals surface area (Å²) in [6.45, 7) is 1.21. The molecule has 28 heavy (non-hydrogen) atoms. The van der Waals surface area contributed by atoms with Crippen LogP contribution in [0.5, 0.6) is 0 Å². The number of hydrogen-bond donors (Lipinski definition) is 1. The number of nitrogens with zero attached hydrogens (tertiary/aromatic N) is 3. The molecule has 9 heteroatoms. The number of carbonyl (C=O) groups is 1. The molecule has 0 bridgehead atoms. The predicted octanol–water partition coefficient (Wildman–Crippen LogP) is 1.74. The van der Waals surface area contributed by atoms with Gasteiger partial charge in [-0.25, -0.2) is 8.42 Å². The van der Waals surface area contributed by atoms with Crippen LogP contribution in [0.3, 0.4) is 0 Å². The molecule has 1 atom stereocenters. The minimum atomic E-state index is -3.63. The van der Waals surface area contributed by atoms with Gasteiger partial charge in [0.1, 0.15) is 6.04 Å². The molecule has 1 unspecified atom stereocenters. The summed E-state index contributed by atoms with van der Waals surface area (Å²) in [5.74, 6) is -0.515. The number of halogens is 1. The lowest BCUT2D eigenvalue weighted by molar-refractivity contribution is -0.124. The van der Waals surface area contributed by atoms with Crippen LogP contribution in [0.25, 0.3) is 0 Å². The second kappa shape index (κ2) is 8.29. The van der Waals surface area contributed by atoms with Crippen LogP contribution in [0.2, 0.25) is 5.02 Å². The summed E-state index contributed by atoms with van der Waals surface area (Å²) in [6, 6.07) is 14.1. The average Bonchev–Trinajstić information content (AvgIpc) is 2.69. The average molecular weight is 419 g/mol. The third-order valence-electron chi connectivity index (χ3n) is 4.71. The van der Waals surface area contributed by atoms with Crippen LogP contribution in [0.15, 0.2) is 53.4 Å². The third kappa shape index (κ3) is 4.18. The van der Waals surface area contributed by atoms with E-state index in [1.807, 2.05) is 11.0 Å². The number of nitriles is 1. The summed E-state index contributed by atoms with van der Waals surface area (Å²) in [5, 5.41) is 9.39. The molecule has 146 valence electrons. The largest absolute Gasteiger partial charge is 0.368 e. The highest BCUT2D eigenvalue weighted by Crippen LogP contribution is 2.25. The van der Waals surface area contributed by atoms with Crippen LogP contribution in [0.4, 0.5) is 0 Å². The van der Waals surface area contributed by atoms with Crippen molar-refractivity contribution in [2.45, 2.75) is 10.9 Å². The van der Waals surface area contributed by atoms with Crippen LogP contribution < -0.4 is 5.73 Å². The fourth-order valence-electron chi connectivity index (χ4n) is 3.25. The van der Waals surface area contributed by atoms with Gasteiger partial charge >= 0.3 is 0 Å². The first-order chi connectivity index (χ1) is 13.3. The second-order valence-electron chi connectivity index (χ2n) is 6.43. The molecule has 2 aromatic carbocycles. The molecule has 7 nitrogen and oxygen atoms in total. The number of sulfonamides is 1. The lowest BCUT2D eigenvalue weighted by atomic mass is 10.0. The maximum atomic E-state index is 12.8. The molecule has 0 spiro atoms. The van der Waals surface area contributed by atoms with Crippen LogP contribution in [0.1, 0.15) is 17.2 Å². The highest BCUT2D eigenvalue weighted by atomic mass is 35.5. The van der Waals surface area contributed by atoms with Crippen molar-refractivity contribution >= 4 is 27.5 Å². The van der Waals surface area contributed by atoms with Gasteiger partial charge in [0.2, 0.25) is 15.9 Å². The number of rotatable bonds is 5.